The molecule has 4 rings (SSSR count). The summed E-state index contributed by atoms with van der Waals surface area (Å²) in [7, 11) is 0. The first-order valence-corrected chi connectivity index (χ1v) is 9.85. The topological polar surface area (TPSA) is 44.1 Å². The zero-order chi connectivity index (χ0) is 18.5. The summed E-state index contributed by atoms with van der Waals surface area (Å²) >= 11 is 1.56. The van der Waals surface area contributed by atoms with Crippen LogP contribution in [-0.4, -0.2) is 16.2 Å². The lowest BCUT2D eigenvalue weighted by Crippen LogP contribution is -2.20. The molecule has 0 radical (unpaired) electrons. The summed E-state index contributed by atoms with van der Waals surface area (Å²) in [6, 6.07) is 21.8. The number of hydrogen-bond donors (Lipinski definition) is 0. The van der Waals surface area contributed by atoms with Gasteiger partial charge < -0.3 is 4.74 Å². The van der Waals surface area contributed by atoms with E-state index in [1.165, 1.54) is 0 Å². The Balaban J connectivity index is 1.40. The van der Waals surface area contributed by atoms with Crippen molar-refractivity contribution in [2.75, 3.05) is 6.61 Å². The van der Waals surface area contributed by atoms with E-state index in [1.54, 1.807) is 22.2 Å². The van der Waals surface area contributed by atoms with Crippen LogP contribution in [0.2, 0.25) is 0 Å². The summed E-state index contributed by atoms with van der Waals surface area (Å²) in [5.74, 6) is 0.879. The van der Waals surface area contributed by atoms with Crippen molar-refractivity contribution >= 4 is 21.6 Å². The highest BCUT2D eigenvalue weighted by atomic mass is 32.1. The number of aromatic nitrogens is 2. The Morgan fingerprint density at radius 1 is 0.963 bits per heavy atom. The van der Waals surface area contributed by atoms with Gasteiger partial charge in [0.25, 0.3) is 5.56 Å². The van der Waals surface area contributed by atoms with Gasteiger partial charge in [-0.2, -0.15) is 0 Å². The molecule has 4 nitrogen and oxygen atoms in total. The van der Waals surface area contributed by atoms with Crippen LogP contribution in [-0.2, 0) is 6.54 Å². The van der Waals surface area contributed by atoms with Gasteiger partial charge in [-0.1, -0.05) is 48.5 Å². The molecule has 4 aromatic rings. The number of ether oxygens (including phenoxy) is 1. The van der Waals surface area contributed by atoms with Gasteiger partial charge in [-0.25, -0.2) is 4.98 Å². The molecule has 0 aliphatic carbocycles. The summed E-state index contributed by atoms with van der Waals surface area (Å²) in [6.45, 7) is 1.29. The molecular weight excluding hydrogens is 356 g/mol. The van der Waals surface area contributed by atoms with Gasteiger partial charge in [0.05, 0.1) is 18.3 Å². The number of nitrogens with zero attached hydrogens (tertiary/aromatic N) is 2. The van der Waals surface area contributed by atoms with Crippen LogP contribution in [0.5, 0.6) is 5.75 Å². The van der Waals surface area contributed by atoms with Crippen LogP contribution in [0.1, 0.15) is 12.8 Å². The van der Waals surface area contributed by atoms with Gasteiger partial charge in [-0.05, 0) is 36.6 Å². The summed E-state index contributed by atoms with van der Waals surface area (Å²) in [5.41, 5.74) is 1.15. The van der Waals surface area contributed by atoms with Crippen molar-refractivity contribution in [3.8, 4) is 16.2 Å². The normalized spacial score (nSPS) is 11.0. The van der Waals surface area contributed by atoms with E-state index < -0.39 is 0 Å². The zero-order valence-electron chi connectivity index (χ0n) is 14.9. The van der Waals surface area contributed by atoms with Gasteiger partial charge in [0.2, 0.25) is 0 Å². The molecule has 0 bridgehead atoms. The highest BCUT2D eigenvalue weighted by molar-refractivity contribution is 7.21. The molecule has 27 heavy (non-hydrogen) atoms. The first kappa shape index (κ1) is 17.5. The predicted octanol–water partition coefficient (Wildman–Crippen LogP) is 4.98. The quantitative estimate of drug-likeness (QED) is 0.427. The number of para-hydroxylation sites is 1. The smallest absolute Gasteiger partial charge is 0.262 e. The number of thiophene rings is 1. The highest BCUT2D eigenvalue weighted by Crippen LogP contribution is 2.30. The maximum Gasteiger partial charge on any atom is 0.262 e. The Morgan fingerprint density at radius 2 is 1.70 bits per heavy atom. The standard InChI is InChI=1S/C22H20N2O2S/c25-22-19-15-20(17-9-3-1-4-10-17)27-21(19)23-16-24(22)13-7-8-14-26-18-11-5-2-6-12-18/h1-6,9-12,15-16H,7-8,13-14H2. The minimum absolute atomic E-state index is 0.0300. The molecule has 136 valence electrons. The maximum absolute atomic E-state index is 12.8. The molecule has 0 atom stereocenters. The second kappa shape index (κ2) is 8.18. The van der Waals surface area contributed by atoms with E-state index >= 15 is 0 Å². The maximum atomic E-state index is 12.8. The Morgan fingerprint density at radius 3 is 2.48 bits per heavy atom. The first-order chi connectivity index (χ1) is 13.3. The van der Waals surface area contributed by atoms with Crippen LogP contribution in [0.15, 0.2) is 77.9 Å². The molecular formula is C22H20N2O2S. The second-order valence-corrected chi connectivity index (χ2v) is 7.34. The second-order valence-electron chi connectivity index (χ2n) is 6.31. The molecule has 0 amide bonds. The van der Waals surface area contributed by atoms with Crippen LogP contribution in [0.4, 0.5) is 0 Å². The van der Waals surface area contributed by atoms with Crippen molar-refractivity contribution in [2.24, 2.45) is 0 Å². The van der Waals surface area contributed by atoms with Crippen LogP contribution < -0.4 is 10.3 Å². The van der Waals surface area contributed by atoms with Gasteiger partial charge in [0, 0.05) is 11.4 Å². The number of hydrogen-bond acceptors (Lipinski definition) is 4. The third-order valence-corrected chi connectivity index (χ3v) is 5.47. The van der Waals surface area contributed by atoms with Crippen LogP contribution in [0, 0.1) is 0 Å². The Kier molecular flexibility index (Phi) is 5.30. The number of benzene rings is 2. The molecule has 0 saturated carbocycles. The van der Waals surface area contributed by atoms with Crippen molar-refractivity contribution in [3.05, 3.63) is 83.4 Å². The van der Waals surface area contributed by atoms with Gasteiger partial charge in [-0.3, -0.25) is 9.36 Å². The molecule has 0 N–H and O–H groups in total. The third kappa shape index (κ3) is 4.09. The zero-order valence-corrected chi connectivity index (χ0v) is 15.7. The minimum atomic E-state index is 0.0300. The molecule has 0 saturated heterocycles. The van der Waals surface area contributed by atoms with Crippen molar-refractivity contribution < 1.29 is 4.74 Å². The van der Waals surface area contributed by atoms with E-state index in [4.69, 9.17) is 4.74 Å². The highest BCUT2D eigenvalue weighted by Gasteiger charge is 2.10. The van der Waals surface area contributed by atoms with E-state index in [1.807, 2.05) is 54.6 Å². The van der Waals surface area contributed by atoms with Crippen molar-refractivity contribution in [3.63, 3.8) is 0 Å². The fourth-order valence-corrected chi connectivity index (χ4v) is 3.95. The van der Waals surface area contributed by atoms with Crippen molar-refractivity contribution in [1.82, 2.24) is 9.55 Å². The van der Waals surface area contributed by atoms with E-state index in [9.17, 15) is 4.79 Å². The predicted molar refractivity (Wildman–Crippen MR) is 110 cm³/mol. The van der Waals surface area contributed by atoms with Crippen LogP contribution in [0.3, 0.4) is 0 Å². The summed E-state index contributed by atoms with van der Waals surface area (Å²) in [5, 5.41) is 0.696. The summed E-state index contributed by atoms with van der Waals surface area (Å²) in [4.78, 5) is 19.1. The first-order valence-electron chi connectivity index (χ1n) is 9.03. The van der Waals surface area contributed by atoms with Gasteiger partial charge in [0.1, 0.15) is 10.6 Å². The van der Waals surface area contributed by atoms with E-state index in [0.717, 1.165) is 33.9 Å². The molecule has 2 aromatic heterocycles. The minimum Gasteiger partial charge on any atom is -0.494 e. The molecule has 0 aliphatic rings. The van der Waals surface area contributed by atoms with Crippen molar-refractivity contribution in [1.29, 1.82) is 0 Å². The molecule has 0 unspecified atom stereocenters. The lowest BCUT2D eigenvalue weighted by atomic mass is 10.2. The molecule has 2 heterocycles. The average molecular weight is 376 g/mol. The largest absolute Gasteiger partial charge is 0.494 e. The average Bonchev–Trinajstić information content (AvgIpc) is 3.16. The SMILES string of the molecule is O=c1c2cc(-c3ccccc3)sc2ncn1CCCCOc1ccccc1. The Hall–Kier alpha value is -2.92. The molecule has 0 spiro atoms. The fourth-order valence-electron chi connectivity index (χ4n) is 2.95. The van der Waals surface area contributed by atoms with Crippen LogP contribution >= 0.6 is 11.3 Å². The Bertz CT molecular complexity index is 1070. The molecule has 2 aromatic carbocycles. The summed E-state index contributed by atoms with van der Waals surface area (Å²) < 4.78 is 7.40. The molecule has 5 heteroatoms. The lowest BCUT2D eigenvalue weighted by Gasteiger charge is -2.07. The van der Waals surface area contributed by atoms with E-state index in [-0.39, 0.29) is 5.56 Å². The number of aryl methyl sites for hydroxylation is 1. The number of fused-ring (bicyclic) bond motifs is 1. The fraction of sp³-hybridized carbons (Fsp3) is 0.182. The van der Waals surface area contributed by atoms with Crippen molar-refractivity contribution in [2.45, 2.75) is 19.4 Å². The van der Waals surface area contributed by atoms with E-state index in [0.29, 0.717) is 18.5 Å². The van der Waals surface area contributed by atoms with E-state index in [2.05, 4.69) is 17.1 Å². The summed E-state index contributed by atoms with van der Waals surface area (Å²) in [6.07, 6.45) is 3.42. The van der Waals surface area contributed by atoms with Gasteiger partial charge in [0.15, 0.2) is 0 Å². The van der Waals surface area contributed by atoms with Crippen LogP contribution in [0.25, 0.3) is 20.7 Å². The Labute approximate surface area is 161 Å². The lowest BCUT2D eigenvalue weighted by molar-refractivity contribution is 0.303. The third-order valence-electron chi connectivity index (χ3n) is 4.38. The van der Waals surface area contributed by atoms with Gasteiger partial charge in [-0.15, -0.1) is 11.3 Å². The number of rotatable bonds is 7. The molecule has 0 aliphatic heterocycles. The molecule has 0 fully saturated rings. The van der Waals surface area contributed by atoms with Gasteiger partial charge >= 0.3 is 0 Å². The number of unbranched alkanes of at least 4 members (excludes halogenated alkanes) is 1. The monoisotopic (exact) mass is 376 g/mol.